The van der Waals surface area contributed by atoms with Crippen LogP contribution >= 0.6 is 0 Å². The van der Waals surface area contributed by atoms with E-state index in [0.717, 1.165) is 0 Å². The summed E-state index contributed by atoms with van der Waals surface area (Å²) in [6.07, 6.45) is -0.568. The largest absolute Gasteiger partial charge is 0.444 e. The molecule has 2 heterocycles. The second-order valence-corrected chi connectivity index (χ2v) is 6.46. The molecule has 1 aromatic rings. The van der Waals surface area contributed by atoms with Crippen molar-refractivity contribution in [2.24, 2.45) is 7.05 Å². The van der Waals surface area contributed by atoms with Crippen LogP contribution in [-0.2, 0) is 24.9 Å². The van der Waals surface area contributed by atoms with Gasteiger partial charge >= 0.3 is 12.7 Å². The Hall–Kier alpha value is -2.12. The first-order chi connectivity index (χ1) is 10.5. The van der Waals surface area contributed by atoms with Gasteiger partial charge in [-0.05, 0) is 27.7 Å². The smallest absolute Gasteiger partial charge is 0.410 e. The summed E-state index contributed by atoms with van der Waals surface area (Å²) in [7, 11) is 1.54. The molecule has 0 saturated carbocycles. The van der Waals surface area contributed by atoms with E-state index in [1.165, 1.54) is 16.4 Å². The highest BCUT2D eigenvalue weighted by Crippen LogP contribution is 2.33. The highest BCUT2D eigenvalue weighted by Gasteiger charge is 2.33. The van der Waals surface area contributed by atoms with Gasteiger partial charge in [0.1, 0.15) is 11.4 Å². The molecular weight excluding hydrogens is 310 g/mol. The van der Waals surface area contributed by atoms with Crippen molar-refractivity contribution in [2.45, 2.75) is 53.0 Å². The molecule has 0 radical (unpaired) electrons. The molecule has 2 rings (SSSR count). The molecule has 0 bridgehead atoms. The maximum absolute atomic E-state index is 12.6. The number of alkyl halides is 2. The molecule has 8 heteroatoms. The van der Waals surface area contributed by atoms with Crippen LogP contribution in [0.25, 0.3) is 0 Å². The van der Waals surface area contributed by atoms with Crippen molar-refractivity contribution < 1.29 is 23.0 Å². The third-order valence-electron chi connectivity index (χ3n) is 3.54. The summed E-state index contributed by atoms with van der Waals surface area (Å²) in [5.41, 5.74) is -0.114. The van der Waals surface area contributed by atoms with E-state index in [1.807, 2.05) is 0 Å². The lowest BCUT2D eigenvalue weighted by atomic mass is 10.1. The third-order valence-corrected chi connectivity index (χ3v) is 3.54. The molecule has 0 fully saturated rings. The van der Waals surface area contributed by atoms with E-state index in [2.05, 4.69) is 4.74 Å². The van der Waals surface area contributed by atoms with Crippen molar-refractivity contribution in [3.63, 3.8) is 0 Å². The summed E-state index contributed by atoms with van der Waals surface area (Å²) >= 11 is 0. The van der Waals surface area contributed by atoms with Crippen LogP contribution in [0.5, 0.6) is 5.75 Å². The second-order valence-electron chi connectivity index (χ2n) is 6.46. The lowest BCUT2D eigenvalue weighted by Crippen LogP contribution is -2.33. The minimum Gasteiger partial charge on any atom is -0.444 e. The zero-order chi connectivity index (χ0) is 17.5. The number of hydrogen-bond donors (Lipinski definition) is 0. The van der Waals surface area contributed by atoms with Crippen LogP contribution in [0.2, 0.25) is 0 Å². The van der Waals surface area contributed by atoms with E-state index >= 15 is 0 Å². The zero-order valence-electron chi connectivity index (χ0n) is 13.8. The van der Waals surface area contributed by atoms with Gasteiger partial charge in [0.25, 0.3) is 5.56 Å². The normalized spacial score (nSPS) is 14.2. The van der Waals surface area contributed by atoms with Gasteiger partial charge in [-0.3, -0.25) is 9.69 Å². The van der Waals surface area contributed by atoms with Crippen LogP contribution in [0.1, 0.15) is 37.6 Å². The number of amides is 1. The standard InChI is InChI=1S/C15H20F2N2O4/c1-8-11(22-13(16)17)9-6-19(14(21)23-15(2,3)4)7-10(9)18(5)12(8)20/h13H,6-7H2,1-5H3. The Kier molecular flexibility index (Phi) is 4.37. The first kappa shape index (κ1) is 17.2. The second kappa shape index (κ2) is 5.82. The number of hydrogen-bond acceptors (Lipinski definition) is 4. The first-order valence-electron chi connectivity index (χ1n) is 7.15. The lowest BCUT2D eigenvalue weighted by Gasteiger charge is -2.24. The first-order valence-corrected chi connectivity index (χ1v) is 7.15. The molecule has 128 valence electrons. The molecule has 1 aliphatic rings. The van der Waals surface area contributed by atoms with Gasteiger partial charge in [-0.2, -0.15) is 8.78 Å². The van der Waals surface area contributed by atoms with Crippen molar-refractivity contribution >= 4 is 6.09 Å². The lowest BCUT2D eigenvalue weighted by molar-refractivity contribution is -0.0511. The Morgan fingerprint density at radius 1 is 1.26 bits per heavy atom. The fourth-order valence-corrected chi connectivity index (χ4v) is 2.53. The van der Waals surface area contributed by atoms with E-state index < -0.39 is 23.9 Å². The number of carbonyl (C=O) groups excluding carboxylic acids is 1. The number of pyridine rings is 1. The van der Waals surface area contributed by atoms with Crippen molar-refractivity contribution in [1.29, 1.82) is 0 Å². The van der Waals surface area contributed by atoms with Gasteiger partial charge in [-0.1, -0.05) is 0 Å². The maximum atomic E-state index is 12.6. The molecule has 1 aliphatic heterocycles. The highest BCUT2D eigenvalue weighted by molar-refractivity contribution is 5.69. The Balaban J connectivity index is 2.40. The number of aromatic nitrogens is 1. The van der Waals surface area contributed by atoms with E-state index in [0.29, 0.717) is 11.3 Å². The molecular formula is C15H20F2N2O4. The summed E-state index contributed by atoms with van der Waals surface area (Å²) in [5, 5.41) is 0. The minimum atomic E-state index is -3.04. The molecule has 23 heavy (non-hydrogen) atoms. The van der Waals surface area contributed by atoms with Gasteiger partial charge in [-0.15, -0.1) is 0 Å². The molecule has 0 spiro atoms. The molecule has 6 nitrogen and oxygen atoms in total. The Morgan fingerprint density at radius 2 is 1.87 bits per heavy atom. The van der Waals surface area contributed by atoms with Crippen molar-refractivity contribution in [1.82, 2.24) is 9.47 Å². The summed E-state index contributed by atoms with van der Waals surface area (Å²) in [6.45, 7) is 3.76. The monoisotopic (exact) mass is 330 g/mol. The zero-order valence-corrected chi connectivity index (χ0v) is 13.8. The average molecular weight is 330 g/mol. The number of nitrogens with zero attached hydrogens (tertiary/aromatic N) is 2. The van der Waals surface area contributed by atoms with Gasteiger partial charge in [-0.25, -0.2) is 4.79 Å². The van der Waals surface area contributed by atoms with Crippen LogP contribution in [0.3, 0.4) is 0 Å². The van der Waals surface area contributed by atoms with Gasteiger partial charge in [0, 0.05) is 18.3 Å². The van der Waals surface area contributed by atoms with E-state index in [9.17, 15) is 18.4 Å². The Labute approximate surface area is 132 Å². The number of fused-ring (bicyclic) bond motifs is 1. The highest BCUT2D eigenvalue weighted by atomic mass is 19.3. The van der Waals surface area contributed by atoms with Crippen molar-refractivity contribution in [3.05, 3.63) is 27.2 Å². The van der Waals surface area contributed by atoms with Crippen molar-refractivity contribution in [2.75, 3.05) is 0 Å². The summed E-state index contributed by atoms with van der Waals surface area (Å²) in [4.78, 5) is 25.7. The summed E-state index contributed by atoms with van der Waals surface area (Å²) in [5.74, 6) is -0.149. The third kappa shape index (κ3) is 3.46. The number of halogens is 2. The predicted octanol–water partition coefficient (Wildman–Crippen LogP) is 2.55. The molecule has 1 amide bonds. The van der Waals surface area contributed by atoms with Crippen LogP contribution < -0.4 is 10.3 Å². The molecule has 1 aromatic heterocycles. The fraction of sp³-hybridized carbons (Fsp3) is 0.600. The number of carbonyl (C=O) groups is 1. The SMILES string of the molecule is Cc1c(OC(F)F)c2c(n(C)c1=O)CN(C(=O)OC(C)(C)C)C2. The molecule has 0 atom stereocenters. The van der Waals surface area contributed by atoms with E-state index in [1.54, 1.807) is 27.8 Å². The van der Waals surface area contributed by atoms with Crippen LogP contribution in [0.15, 0.2) is 4.79 Å². The number of ether oxygens (including phenoxy) is 2. The van der Waals surface area contributed by atoms with Gasteiger partial charge in [0.15, 0.2) is 0 Å². The van der Waals surface area contributed by atoms with Gasteiger partial charge < -0.3 is 14.0 Å². The fourth-order valence-electron chi connectivity index (χ4n) is 2.53. The van der Waals surface area contributed by atoms with Crippen molar-refractivity contribution in [3.8, 4) is 5.75 Å². The maximum Gasteiger partial charge on any atom is 0.410 e. The average Bonchev–Trinajstić information content (AvgIpc) is 2.84. The van der Waals surface area contributed by atoms with E-state index in [4.69, 9.17) is 4.74 Å². The summed E-state index contributed by atoms with van der Waals surface area (Å²) in [6, 6.07) is 0. The van der Waals surface area contributed by atoms with Crippen LogP contribution in [0.4, 0.5) is 13.6 Å². The molecule has 0 aliphatic carbocycles. The van der Waals surface area contributed by atoms with Gasteiger partial charge in [0.2, 0.25) is 0 Å². The number of rotatable bonds is 2. The molecule has 0 N–H and O–H groups in total. The van der Waals surface area contributed by atoms with Gasteiger partial charge in [0.05, 0.1) is 18.7 Å². The van der Waals surface area contributed by atoms with Crippen LogP contribution in [-0.4, -0.2) is 27.8 Å². The Morgan fingerprint density at radius 3 is 2.39 bits per heavy atom. The molecule has 0 aromatic carbocycles. The topological polar surface area (TPSA) is 60.8 Å². The molecule has 0 saturated heterocycles. The summed E-state index contributed by atoms with van der Waals surface area (Å²) < 4.78 is 36.5. The Bertz CT molecular complexity index is 692. The van der Waals surface area contributed by atoms with Crippen LogP contribution in [0, 0.1) is 6.92 Å². The van der Waals surface area contributed by atoms with E-state index in [-0.39, 0.29) is 24.4 Å². The quantitative estimate of drug-likeness (QED) is 0.836. The predicted molar refractivity (Wildman–Crippen MR) is 78.5 cm³/mol. The molecule has 0 unspecified atom stereocenters. The minimum absolute atomic E-state index is 0.0568.